The highest BCUT2D eigenvalue weighted by molar-refractivity contribution is 7.90. The molecular weight excluding hydrogens is 372 g/mol. The smallest absolute Gasteiger partial charge is 0.337 e. The summed E-state index contributed by atoms with van der Waals surface area (Å²) in [6.45, 7) is 0. The topological polar surface area (TPSA) is 111 Å². The third kappa shape index (κ3) is 6.08. The number of methoxy groups -OCH3 is 2. The molecule has 0 radical (unpaired) electrons. The summed E-state index contributed by atoms with van der Waals surface area (Å²) < 4.78 is 38.6. The maximum absolute atomic E-state index is 12.4. The van der Waals surface area contributed by atoms with Gasteiger partial charge < -0.3 is 9.47 Å². The Morgan fingerprint density at radius 1 is 0.963 bits per heavy atom. The third-order valence-corrected chi connectivity index (χ3v) is 4.72. The molecular formula is C18H20N2O6S. The molecule has 2 rings (SSSR count). The summed E-state index contributed by atoms with van der Waals surface area (Å²) in [6.07, 6.45) is 0.135. The van der Waals surface area contributed by atoms with Crippen LogP contribution >= 0.6 is 0 Å². The molecule has 27 heavy (non-hydrogen) atoms. The van der Waals surface area contributed by atoms with Gasteiger partial charge in [0.25, 0.3) is 10.2 Å². The molecule has 0 aliphatic carbocycles. The Morgan fingerprint density at radius 2 is 1.59 bits per heavy atom. The number of carbonyl (C=O) groups excluding carboxylic acids is 2. The van der Waals surface area contributed by atoms with Crippen LogP contribution in [0.3, 0.4) is 0 Å². The molecule has 0 amide bonds. The van der Waals surface area contributed by atoms with Crippen LogP contribution in [0.15, 0.2) is 54.6 Å². The van der Waals surface area contributed by atoms with Gasteiger partial charge in [0.2, 0.25) is 0 Å². The molecule has 0 fully saturated rings. The van der Waals surface area contributed by atoms with Crippen molar-refractivity contribution < 1.29 is 27.5 Å². The first-order chi connectivity index (χ1) is 12.8. The first-order valence-corrected chi connectivity index (χ1v) is 9.43. The summed E-state index contributed by atoms with van der Waals surface area (Å²) in [5, 5.41) is 0. The highest BCUT2D eigenvalue weighted by Crippen LogP contribution is 2.12. The Kier molecular flexibility index (Phi) is 6.91. The second-order valence-electron chi connectivity index (χ2n) is 5.56. The van der Waals surface area contributed by atoms with E-state index in [1.807, 2.05) is 6.07 Å². The average molecular weight is 392 g/mol. The summed E-state index contributed by atoms with van der Waals surface area (Å²) >= 11 is 0. The van der Waals surface area contributed by atoms with Crippen molar-refractivity contribution >= 4 is 27.8 Å². The van der Waals surface area contributed by atoms with E-state index in [1.165, 1.54) is 38.5 Å². The Labute approximate surface area is 157 Å². The van der Waals surface area contributed by atoms with Gasteiger partial charge in [-0.25, -0.2) is 4.79 Å². The molecule has 0 saturated heterocycles. The number of carbonyl (C=O) groups is 2. The van der Waals surface area contributed by atoms with E-state index in [9.17, 15) is 18.0 Å². The molecule has 0 aliphatic rings. The monoisotopic (exact) mass is 392 g/mol. The molecule has 9 heteroatoms. The van der Waals surface area contributed by atoms with Crippen molar-refractivity contribution in [2.24, 2.45) is 0 Å². The number of ether oxygens (including phenoxy) is 2. The van der Waals surface area contributed by atoms with Crippen LogP contribution in [0.5, 0.6) is 0 Å². The van der Waals surface area contributed by atoms with Crippen molar-refractivity contribution in [3.05, 3.63) is 65.7 Å². The summed E-state index contributed by atoms with van der Waals surface area (Å²) in [7, 11) is -1.62. The normalized spacial score (nSPS) is 12.1. The minimum atomic E-state index is -4.06. The van der Waals surface area contributed by atoms with Gasteiger partial charge in [-0.3, -0.25) is 9.52 Å². The largest absolute Gasteiger partial charge is 0.468 e. The zero-order valence-corrected chi connectivity index (χ0v) is 15.7. The van der Waals surface area contributed by atoms with E-state index in [-0.39, 0.29) is 17.7 Å². The van der Waals surface area contributed by atoms with Gasteiger partial charge in [0.05, 0.1) is 19.8 Å². The summed E-state index contributed by atoms with van der Waals surface area (Å²) in [5.74, 6) is -1.23. The number of benzene rings is 2. The molecule has 8 nitrogen and oxygen atoms in total. The lowest BCUT2D eigenvalue weighted by Crippen LogP contribution is -2.45. The van der Waals surface area contributed by atoms with E-state index in [0.29, 0.717) is 0 Å². The van der Waals surface area contributed by atoms with Crippen LogP contribution in [0.1, 0.15) is 15.9 Å². The lowest BCUT2D eigenvalue weighted by molar-refractivity contribution is -0.142. The maximum atomic E-state index is 12.4. The van der Waals surface area contributed by atoms with Gasteiger partial charge in [-0.2, -0.15) is 13.1 Å². The molecule has 0 heterocycles. The first-order valence-electron chi connectivity index (χ1n) is 7.95. The minimum Gasteiger partial charge on any atom is -0.468 e. The Bertz CT molecular complexity index is 882. The SMILES string of the molecule is COC(=O)c1ccc(NS(=O)(=O)N[C@@H](Cc2ccccc2)C(=O)OC)cc1. The standard InChI is InChI=1S/C18H20N2O6S/c1-25-17(21)14-8-10-15(11-9-14)19-27(23,24)20-16(18(22)26-2)12-13-6-4-3-5-7-13/h3-11,16,19-20H,12H2,1-2H3/t16-/m0/s1. The Balaban J connectivity index is 2.11. The van der Waals surface area contributed by atoms with Crippen LogP contribution < -0.4 is 9.44 Å². The zero-order chi connectivity index (χ0) is 19.9. The molecule has 0 spiro atoms. The second-order valence-corrected chi connectivity index (χ2v) is 7.00. The van der Waals surface area contributed by atoms with Crippen molar-refractivity contribution in [1.29, 1.82) is 0 Å². The van der Waals surface area contributed by atoms with Crippen LogP contribution in [0.25, 0.3) is 0 Å². The molecule has 0 saturated carbocycles. The molecule has 0 aromatic heterocycles. The highest BCUT2D eigenvalue weighted by atomic mass is 32.2. The van der Waals surface area contributed by atoms with E-state index in [2.05, 4.69) is 14.2 Å². The van der Waals surface area contributed by atoms with Crippen molar-refractivity contribution in [3.63, 3.8) is 0 Å². The Hall–Kier alpha value is -2.91. The van der Waals surface area contributed by atoms with Crippen molar-refractivity contribution in [2.45, 2.75) is 12.5 Å². The van der Waals surface area contributed by atoms with E-state index in [4.69, 9.17) is 4.74 Å². The summed E-state index contributed by atoms with van der Waals surface area (Å²) in [4.78, 5) is 23.4. The van der Waals surface area contributed by atoms with Gasteiger partial charge in [-0.05, 0) is 36.2 Å². The number of esters is 2. The van der Waals surface area contributed by atoms with Gasteiger partial charge in [0.1, 0.15) is 6.04 Å². The molecule has 0 bridgehead atoms. The predicted octanol–water partition coefficient (Wildman–Crippen LogP) is 1.50. The lowest BCUT2D eigenvalue weighted by atomic mass is 10.1. The number of rotatable bonds is 8. The van der Waals surface area contributed by atoms with Gasteiger partial charge in [-0.1, -0.05) is 30.3 Å². The van der Waals surface area contributed by atoms with Crippen LogP contribution in [-0.4, -0.2) is 40.6 Å². The van der Waals surface area contributed by atoms with Crippen LogP contribution in [0, 0.1) is 0 Å². The van der Waals surface area contributed by atoms with Crippen LogP contribution in [-0.2, 0) is 30.9 Å². The molecule has 0 unspecified atom stereocenters. The zero-order valence-electron chi connectivity index (χ0n) is 14.8. The van der Waals surface area contributed by atoms with E-state index in [0.717, 1.165) is 5.56 Å². The molecule has 1 atom stereocenters. The second kappa shape index (κ2) is 9.15. The van der Waals surface area contributed by atoms with E-state index in [1.54, 1.807) is 24.3 Å². The number of hydrogen-bond acceptors (Lipinski definition) is 6. The van der Waals surface area contributed by atoms with Crippen molar-refractivity contribution in [3.8, 4) is 0 Å². The predicted molar refractivity (Wildman–Crippen MR) is 99.4 cm³/mol. The maximum Gasteiger partial charge on any atom is 0.337 e. The van der Waals surface area contributed by atoms with Gasteiger partial charge in [0.15, 0.2) is 0 Å². The number of anilines is 1. The fraction of sp³-hybridized carbons (Fsp3) is 0.222. The van der Waals surface area contributed by atoms with Crippen molar-refractivity contribution in [1.82, 2.24) is 4.72 Å². The quantitative estimate of drug-likeness (QED) is 0.659. The average Bonchev–Trinajstić information content (AvgIpc) is 2.67. The number of nitrogens with one attached hydrogen (secondary N) is 2. The summed E-state index contributed by atoms with van der Waals surface area (Å²) in [6, 6.07) is 13.5. The van der Waals surface area contributed by atoms with Crippen LogP contribution in [0.4, 0.5) is 5.69 Å². The molecule has 0 aliphatic heterocycles. The molecule has 144 valence electrons. The molecule has 2 aromatic carbocycles. The van der Waals surface area contributed by atoms with Crippen molar-refractivity contribution in [2.75, 3.05) is 18.9 Å². The molecule has 2 aromatic rings. The number of hydrogen-bond donors (Lipinski definition) is 2. The van der Waals surface area contributed by atoms with E-state index < -0.39 is 28.2 Å². The fourth-order valence-corrected chi connectivity index (χ4v) is 3.39. The lowest BCUT2D eigenvalue weighted by Gasteiger charge is -2.17. The minimum absolute atomic E-state index is 0.135. The molecule has 2 N–H and O–H groups in total. The Morgan fingerprint density at radius 3 is 2.15 bits per heavy atom. The fourth-order valence-electron chi connectivity index (χ4n) is 2.33. The summed E-state index contributed by atoms with van der Waals surface area (Å²) in [5.41, 5.74) is 1.28. The first kappa shape index (κ1) is 20.4. The third-order valence-electron chi connectivity index (χ3n) is 3.62. The van der Waals surface area contributed by atoms with Gasteiger partial charge in [-0.15, -0.1) is 0 Å². The van der Waals surface area contributed by atoms with E-state index >= 15 is 0 Å². The highest BCUT2D eigenvalue weighted by Gasteiger charge is 2.25. The van der Waals surface area contributed by atoms with Crippen LogP contribution in [0.2, 0.25) is 0 Å². The van der Waals surface area contributed by atoms with Gasteiger partial charge >= 0.3 is 11.9 Å². The van der Waals surface area contributed by atoms with Gasteiger partial charge in [0, 0.05) is 5.69 Å².